The number of amidine groups is 1. The van der Waals surface area contributed by atoms with E-state index in [0.717, 1.165) is 17.8 Å². The number of aryl methyl sites for hydroxylation is 1. The average Bonchev–Trinajstić information content (AvgIpc) is 2.24. The molecule has 3 nitrogen and oxygen atoms in total. The highest BCUT2D eigenvalue weighted by atomic mass is 15.2. The Balaban J connectivity index is 3.25. The van der Waals surface area contributed by atoms with E-state index in [4.69, 9.17) is 11.1 Å². The SMILES string of the molecule is Cc1ccc(C(=N)N)c(N(CC(C)C)C(C)C)c1. The quantitative estimate of drug-likeness (QED) is 0.620. The van der Waals surface area contributed by atoms with Gasteiger partial charge in [0.15, 0.2) is 0 Å². The lowest BCUT2D eigenvalue weighted by atomic mass is 10.0. The first kappa shape index (κ1) is 14.6. The van der Waals surface area contributed by atoms with Crippen LogP contribution in [0.3, 0.4) is 0 Å². The topological polar surface area (TPSA) is 53.1 Å². The van der Waals surface area contributed by atoms with Crippen molar-refractivity contribution >= 4 is 11.5 Å². The van der Waals surface area contributed by atoms with Crippen LogP contribution in [0.2, 0.25) is 0 Å². The minimum Gasteiger partial charge on any atom is -0.384 e. The molecular formula is C15H25N3. The molecule has 18 heavy (non-hydrogen) atoms. The van der Waals surface area contributed by atoms with Gasteiger partial charge in [0.25, 0.3) is 0 Å². The van der Waals surface area contributed by atoms with Crippen LogP contribution in [-0.2, 0) is 0 Å². The first-order valence-electron chi connectivity index (χ1n) is 6.54. The number of nitrogens with zero attached hydrogens (tertiary/aromatic N) is 1. The lowest BCUT2D eigenvalue weighted by Gasteiger charge is -2.32. The highest BCUT2D eigenvalue weighted by Gasteiger charge is 2.17. The summed E-state index contributed by atoms with van der Waals surface area (Å²) in [5.74, 6) is 0.715. The van der Waals surface area contributed by atoms with Crippen molar-refractivity contribution < 1.29 is 0 Å². The number of nitrogens with two attached hydrogens (primary N) is 1. The second-order valence-electron chi connectivity index (χ2n) is 5.57. The van der Waals surface area contributed by atoms with Crippen LogP contribution in [0.5, 0.6) is 0 Å². The summed E-state index contributed by atoms with van der Waals surface area (Å²) in [6.45, 7) is 11.8. The molecule has 0 spiro atoms. The van der Waals surface area contributed by atoms with Gasteiger partial charge in [-0.15, -0.1) is 0 Å². The molecule has 0 saturated carbocycles. The van der Waals surface area contributed by atoms with E-state index in [1.807, 2.05) is 12.1 Å². The lowest BCUT2D eigenvalue weighted by Crippen LogP contribution is -2.35. The summed E-state index contributed by atoms with van der Waals surface area (Å²) in [5, 5.41) is 7.71. The third-order valence-electron chi connectivity index (χ3n) is 2.94. The molecule has 0 radical (unpaired) electrons. The maximum Gasteiger partial charge on any atom is 0.124 e. The number of benzene rings is 1. The molecule has 3 heteroatoms. The van der Waals surface area contributed by atoms with Crippen LogP contribution >= 0.6 is 0 Å². The van der Waals surface area contributed by atoms with E-state index in [9.17, 15) is 0 Å². The molecule has 100 valence electrons. The fourth-order valence-corrected chi connectivity index (χ4v) is 2.09. The Bertz CT molecular complexity index is 422. The average molecular weight is 247 g/mol. The number of anilines is 1. The van der Waals surface area contributed by atoms with Gasteiger partial charge in [0, 0.05) is 23.8 Å². The minimum atomic E-state index is 0.138. The van der Waals surface area contributed by atoms with E-state index in [-0.39, 0.29) is 5.84 Å². The van der Waals surface area contributed by atoms with Crippen molar-refractivity contribution in [2.24, 2.45) is 11.7 Å². The molecule has 3 N–H and O–H groups in total. The Morgan fingerprint density at radius 3 is 2.33 bits per heavy atom. The van der Waals surface area contributed by atoms with Gasteiger partial charge in [-0.2, -0.15) is 0 Å². The van der Waals surface area contributed by atoms with Gasteiger partial charge < -0.3 is 10.6 Å². The predicted octanol–water partition coefficient (Wildman–Crippen LogP) is 3.15. The molecule has 0 heterocycles. The van der Waals surface area contributed by atoms with E-state index in [1.54, 1.807) is 0 Å². The van der Waals surface area contributed by atoms with Crippen molar-refractivity contribution in [2.75, 3.05) is 11.4 Å². The summed E-state index contributed by atoms with van der Waals surface area (Å²) in [5.41, 5.74) is 8.79. The van der Waals surface area contributed by atoms with Crippen molar-refractivity contribution in [3.63, 3.8) is 0 Å². The molecule has 0 bridgehead atoms. The van der Waals surface area contributed by atoms with Gasteiger partial charge >= 0.3 is 0 Å². The summed E-state index contributed by atoms with van der Waals surface area (Å²) in [6.07, 6.45) is 0. The number of nitrogen functional groups attached to an aromatic ring is 1. The van der Waals surface area contributed by atoms with Crippen LogP contribution < -0.4 is 10.6 Å². The van der Waals surface area contributed by atoms with E-state index in [2.05, 4.69) is 45.6 Å². The fraction of sp³-hybridized carbons (Fsp3) is 0.533. The fourth-order valence-electron chi connectivity index (χ4n) is 2.09. The summed E-state index contributed by atoms with van der Waals surface area (Å²) >= 11 is 0. The molecule has 1 aromatic carbocycles. The first-order chi connectivity index (χ1) is 8.32. The monoisotopic (exact) mass is 247 g/mol. The Morgan fingerprint density at radius 2 is 1.89 bits per heavy atom. The highest BCUT2D eigenvalue weighted by molar-refractivity contribution is 6.00. The van der Waals surface area contributed by atoms with Crippen LogP contribution in [0.25, 0.3) is 0 Å². The van der Waals surface area contributed by atoms with E-state index >= 15 is 0 Å². The second kappa shape index (κ2) is 5.89. The number of hydrogen-bond donors (Lipinski definition) is 2. The summed E-state index contributed by atoms with van der Waals surface area (Å²) in [7, 11) is 0. The first-order valence-corrected chi connectivity index (χ1v) is 6.54. The van der Waals surface area contributed by atoms with Crippen molar-refractivity contribution in [2.45, 2.75) is 40.7 Å². The van der Waals surface area contributed by atoms with Crippen molar-refractivity contribution in [3.8, 4) is 0 Å². The summed E-state index contributed by atoms with van der Waals surface area (Å²) < 4.78 is 0. The molecule has 0 amide bonds. The van der Waals surface area contributed by atoms with Gasteiger partial charge in [0.2, 0.25) is 0 Å². The van der Waals surface area contributed by atoms with Gasteiger partial charge in [-0.1, -0.05) is 19.9 Å². The molecule has 1 aromatic rings. The Labute approximate surface area is 111 Å². The van der Waals surface area contributed by atoms with Gasteiger partial charge in [-0.25, -0.2) is 0 Å². The van der Waals surface area contributed by atoms with Crippen LogP contribution in [0.1, 0.15) is 38.8 Å². The van der Waals surface area contributed by atoms with Crippen LogP contribution in [0.15, 0.2) is 18.2 Å². The van der Waals surface area contributed by atoms with Crippen LogP contribution in [0, 0.1) is 18.3 Å². The van der Waals surface area contributed by atoms with Crippen LogP contribution in [-0.4, -0.2) is 18.4 Å². The molecule has 0 unspecified atom stereocenters. The lowest BCUT2D eigenvalue weighted by molar-refractivity contribution is 0.570. The second-order valence-corrected chi connectivity index (χ2v) is 5.57. The Hall–Kier alpha value is -1.51. The van der Waals surface area contributed by atoms with Gasteiger partial charge in [-0.3, -0.25) is 5.41 Å². The molecule has 0 atom stereocenters. The van der Waals surface area contributed by atoms with E-state index in [1.165, 1.54) is 5.56 Å². The molecule has 0 aliphatic carbocycles. The molecule has 0 fully saturated rings. The normalized spacial score (nSPS) is 11.1. The summed E-state index contributed by atoms with van der Waals surface area (Å²) in [6, 6.07) is 6.47. The zero-order valence-electron chi connectivity index (χ0n) is 12.1. The zero-order valence-corrected chi connectivity index (χ0v) is 12.1. The number of hydrogen-bond acceptors (Lipinski definition) is 2. The van der Waals surface area contributed by atoms with Gasteiger partial charge in [0.05, 0.1) is 0 Å². The van der Waals surface area contributed by atoms with Gasteiger partial charge in [0.1, 0.15) is 5.84 Å². The van der Waals surface area contributed by atoms with E-state index in [0.29, 0.717) is 12.0 Å². The van der Waals surface area contributed by atoms with Crippen molar-refractivity contribution in [3.05, 3.63) is 29.3 Å². The van der Waals surface area contributed by atoms with Gasteiger partial charge in [-0.05, 0) is 44.4 Å². The molecule has 0 saturated heterocycles. The Morgan fingerprint density at radius 1 is 1.28 bits per heavy atom. The largest absolute Gasteiger partial charge is 0.384 e. The number of nitrogens with one attached hydrogen (secondary N) is 1. The van der Waals surface area contributed by atoms with E-state index < -0.39 is 0 Å². The molecular weight excluding hydrogens is 222 g/mol. The smallest absolute Gasteiger partial charge is 0.124 e. The molecule has 0 aliphatic heterocycles. The number of rotatable bonds is 5. The minimum absolute atomic E-state index is 0.138. The maximum absolute atomic E-state index is 7.71. The Kier molecular flexibility index (Phi) is 4.76. The maximum atomic E-state index is 7.71. The zero-order chi connectivity index (χ0) is 13.9. The predicted molar refractivity (Wildman–Crippen MR) is 79.5 cm³/mol. The van der Waals surface area contributed by atoms with Crippen molar-refractivity contribution in [1.82, 2.24) is 0 Å². The standard InChI is InChI=1S/C15H25N3/c1-10(2)9-18(11(3)4)14-8-12(5)6-7-13(14)15(16)17/h6-8,10-11H,9H2,1-5H3,(H3,16,17). The third-order valence-corrected chi connectivity index (χ3v) is 2.94. The summed E-state index contributed by atoms with van der Waals surface area (Å²) in [4.78, 5) is 2.33. The molecule has 1 rings (SSSR count). The van der Waals surface area contributed by atoms with Crippen LogP contribution in [0.4, 0.5) is 5.69 Å². The third kappa shape index (κ3) is 3.49. The van der Waals surface area contributed by atoms with Crippen molar-refractivity contribution in [1.29, 1.82) is 5.41 Å². The highest BCUT2D eigenvalue weighted by Crippen LogP contribution is 2.25. The molecule has 0 aromatic heterocycles. The molecule has 0 aliphatic rings.